The Morgan fingerprint density at radius 1 is 1.12 bits per heavy atom. The van der Waals surface area contributed by atoms with Crippen molar-refractivity contribution >= 4 is 17.7 Å². The fourth-order valence-corrected chi connectivity index (χ4v) is 12.2. The summed E-state index contributed by atoms with van der Waals surface area (Å²) in [4.78, 5) is 19.8. The number of amides is 1. The number of ether oxygens (including phenoxy) is 2. The summed E-state index contributed by atoms with van der Waals surface area (Å²) >= 11 is 2.19. The highest BCUT2D eigenvalue weighted by Crippen LogP contribution is 2.58. The van der Waals surface area contributed by atoms with Gasteiger partial charge in [-0.3, -0.25) is 20.3 Å². The second-order valence-corrected chi connectivity index (χ2v) is 17.2. The van der Waals surface area contributed by atoms with Crippen molar-refractivity contribution in [2.75, 3.05) is 46.9 Å². The molecule has 49 heavy (non-hydrogen) atoms. The van der Waals surface area contributed by atoms with Crippen molar-refractivity contribution in [2.24, 2.45) is 11.8 Å². The second-order valence-electron chi connectivity index (χ2n) is 15.8. The van der Waals surface area contributed by atoms with Gasteiger partial charge in [0.1, 0.15) is 5.75 Å². The van der Waals surface area contributed by atoms with Crippen molar-refractivity contribution in [1.82, 2.24) is 25.3 Å². The molecule has 1 aromatic carbocycles. The average molecular weight is 691 g/mol. The van der Waals surface area contributed by atoms with Crippen LogP contribution in [0.1, 0.15) is 88.2 Å². The first-order chi connectivity index (χ1) is 23.9. The Morgan fingerprint density at radius 3 is 2.69 bits per heavy atom. The molecule has 1 spiro atoms. The van der Waals surface area contributed by atoms with E-state index in [1.165, 1.54) is 75.0 Å². The van der Waals surface area contributed by atoms with Crippen LogP contribution in [0.4, 0.5) is 0 Å². The lowest BCUT2D eigenvalue weighted by Crippen LogP contribution is -2.79. The van der Waals surface area contributed by atoms with E-state index < -0.39 is 0 Å². The monoisotopic (exact) mass is 690 g/mol. The van der Waals surface area contributed by atoms with E-state index in [9.17, 15) is 10.1 Å². The van der Waals surface area contributed by atoms with Crippen LogP contribution < -0.4 is 15.4 Å². The molecule has 6 aliphatic rings. The number of benzene rings is 1. The number of nitrogens with one attached hydrogen (secondary N) is 2. The zero-order chi connectivity index (χ0) is 34.0. The fraction of sp³-hybridized carbons (Fsp3) is 0.744. The Balaban J connectivity index is 1.24. The third kappa shape index (κ3) is 7.05. The third-order valence-corrected chi connectivity index (χ3v) is 14.7. The van der Waals surface area contributed by atoms with E-state index in [2.05, 4.69) is 70.1 Å². The zero-order valence-electron chi connectivity index (χ0n) is 29.8. The largest absolute Gasteiger partial charge is 0.496 e. The number of likely N-dealkylation sites (N-methyl/N-ethyl adjacent to an activating group) is 1. The molecule has 1 aromatic rings. The topological polar surface area (TPSA) is 93.1 Å². The third-order valence-electron chi connectivity index (χ3n) is 13.2. The minimum absolute atomic E-state index is 0.0718. The normalized spacial score (nSPS) is 36.0. The Labute approximate surface area is 298 Å². The molecule has 3 saturated heterocycles. The second kappa shape index (κ2) is 15.2. The number of carbonyl (C=O) groups is 1. The maximum atomic E-state index is 12.9. The summed E-state index contributed by atoms with van der Waals surface area (Å²) in [5.41, 5.74) is 2.74. The number of likely N-dealkylation sites (tertiary alicyclic amines) is 1. The molecule has 0 radical (unpaired) electrons. The molecule has 4 heterocycles. The van der Waals surface area contributed by atoms with Gasteiger partial charge in [-0.05, 0) is 94.1 Å². The molecule has 6 unspecified atom stereocenters. The first kappa shape index (κ1) is 35.3. The van der Waals surface area contributed by atoms with E-state index in [0.717, 1.165) is 43.9 Å². The number of hydrogen-bond acceptors (Lipinski definition) is 9. The molecule has 2 N–H and O–H groups in total. The van der Waals surface area contributed by atoms with Gasteiger partial charge in [0.05, 0.1) is 38.4 Å². The van der Waals surface area contributed by atoms with Crippen molar-refractivity contribution in [2.45, 2.75) is 124 Å². The SMILES string of the molecule is C=CC(=O)N1CCN(C2NC(OCC3CCCN3C)NC3(C4CCCCCC4)C[C@]4(CCC23)Cc2c(cccc2OC)CS4)CC1CC#N. The van der Waals surface area contributed by atoms with Gasteiger partial charge < -0.3 is 19.3 Å². The number of thioether (sulfide) groups is 1. The highest BCUT2D eigenvalue weighted by Gasteiger charge is 2.60. The van der Waals surface area contributed by atoms with Crippen LogP contribution in [0.25, 0.3) is 0 Å². The predicted molar refractivity (Wildman–Crippen MR) is 195 cm³/mol. The molecule has 9 nitrogen and oxygen atoms in total. The summed E-state index contributed by atoms with van der Waals surface area (Å²) in [5.74, 6) is 2.95. The summed E-state index contributed by atoms with van der Waals surface area (Å²) in [7, 11) is 4.05. The van der Waals surface area contributed by atoms with Crippen molar-refractivity contribution in [3.63, 3.8) is 0 Å². The van der Waals surface area contributed by atoms with Crippen LogP contribution in [0.5, 0.6) is 5.75 Å². The van der Waals surface area contributed by atoms with Crippen molar-refractivity contribution in [1.29, 1.82) is 5.26 Å². The summed E-state index contributed by atoms with van der Waals surface area (Å²) < 4.78 is 13.0. The van der Waals surface area contributed by atoms with E-state index in [4.69, 9.17) is 9.47 Å². The summed E-state index contributed by atoms with van der Waals surface area (Å²) in [5, 5.41) is 18.1. The minimum Gasteiger partial charge on any atom is -0.496 e. The molecule has 0 aromatic heterocycles. The van der Waals surface area contributed by atoms with Gasteiger partial charge in [0.15, 0.2) is 6.35 Å². The van der Waals surface area contributed by atoms with Gasteiger partial charge in [-0.1, -0.05) is 44.4 Å². The lowest BCUT2D eigenvalue weighted by molar-refractivity contribution is -0.154. The number of methoxy groups -OCH3 is 1. The van der Waals surface area contributed by atoms with Crippen LogP contribution in [-0.2, 0) is 21.7 Å². The van der Waals surface area contributed by atoms with Crippen LogP contribution in [0.15, 0.2) is 30.9 Å². The van der Waals surface area contributed by atoms with E-state index in [-0.39, 0.29) is 34.8 Å². The first-order valence-corrected chi connectivity index (χ1v) is 20.1. The van der Waals surface area contributed by atoms with Gasteiger partial charge in [0, 0.05) is 47.6 Å². The van der Waals surface area contributed by atoms with Crippen LogP contribution in [0.2, 0.25) is 0 Å². The summed E-state index contributed by atoms with van der Waals surface area (Å²) in [6.45, 7) is 7.68. The van der Waals surface area contributed by atoms with Gasteiger partial charge >= 0.3 is 0 Å². The van der Waals surface area contributed by atoms with Gasteiger partial charge in [0.2, 0.25) is 5.91 Å². The Kier molecular flexibility index (Phi) is 11.0. The van der Waals surface area contributed by atoms with Gasteiger partial charge in [-0.15, -0.1) is 11.8 Å². The minimum atomic E-state index is -0.258. The molecule has 0 bridgehead atoms. The smallest absolute Gasteiger partial charge is 0.246 e. The molecule has 2 saturated carbocycles. The molecule has 7 rings (SSSR count). The molecule has 268 valence electrons. The van der Waals surface area contributed by atoms with Crippen LogP contribution in [0.3, 0.4) is 0 Å². The number of fused-ring (bicyclic) bond motifs is 2. The molecule has 7 atom stereocenters. The number of hydrogen-bond donors (Lipinski definition) is 2. The van der Waals surface area contributed by atoms with E-state index >= 15 is 0 Å². The molecule has 4 aliphatic heterocycles. The maximum absolute atomic E-state index is 12.9. The molecule has 1 amide bonds. The van der Waals surface area contributed by atoms with E-state index in [0.29, 0.717) is 44.0 Å². The summed E-state index contributed by atoms with van der Waals surface area (Å²) in [6.07, 6.45) is 16.2. The average Bonchev–Trinajstić information content (AvgIpc) is 3.33. The molecular formula is C39H58N6O3S. The van der Waals surface area contributed by atoms with Crippen molar-refractivity contribution in [3.05, 3.63) is 42.0 Å². The van der Waals surface area contributed by atoms with Crippen LogP contribution in [-0.4, -0.2) is 102 Å². The van der Waals surface area contributed by atoms with E-state index in [1.807, 2.05) is 12.0 Å². The molecular weight excluding hydrogens is 633 g/mol. The summed E-state index contributed by atoms with van der Waals surface area (Å²) in [6, 6.07) is 9.26. The standard InChI is InChI=1S/C39H58N6O3S/c1-4-35(46)45-22-21-44(24-30(45)17-19-40)36-33-16-18-38(23-32-28(26-49-38)11-9-15-34(32)47-3)27-39(33,29-12-7-5-6-8-13-29)42-37(41-36)48-25-31-14-10-20-43(31)2/h4,9,11,15,29-31,33,36-37,41-42H,1,5-8,10,12-14,16-18,20-27H2,2-3H3/t30?,31?,33?,36?,37?,38-,39?/m0/s1. The van der Waals surface area contributed by atoms with Gasteiger partial charge in [-0.2, -0.15) is 5.26 Å². The van der Waals surface area contributed by atoms with Gasteiger partial charge in [0.25, 0.3) is 0 Å². The molecule has 2 aliphatic carbocycles. The maximum Gasteiger partial charge on any atom is 0.246 e. The Morgan fingerprint density at radius 2 is 1.96 bits per heavy atom. The number of nitriles is 1. The quantitative estimate of drug-likeness (QED) is 0.280. The highest BCUT2D eigenvalue weighted by molar-refractivity contribution is 8.00. The lowest BCUT2D eigenvalue weighted by atomic mass is 9.58. The Hall–Kier alpha value is -2.13. The van der Waals surface area contributed by atoms with E-state index in [1.54, 1.807) is 0 Å². The predicted octanol–water partition coefficient (Wildman–Crippen LogP) is 5.26. The highest BCUT2D eigenvalue weighted by atomic mass is 32.2. The van der Waals surface area contributed by atoms with Crippen LogP contribution >= 0.6 is 11.8 Å². The fourth-order valence-electron chi connectivity index (χ4n) is 10.6. The molecule has 5 fully saturated rings. The van der Waals surface area contributed by atoms with Crippen molar-refractivity contribution in [3.8, 4) is 11.8 Å². The molecule has 10 heteroatoms. The van der Waals surface area contributed by atoms with Gasteiger partial charge in [-0.25, -0.2) is 0 Å². The number of carbonyl (C=O) groups excluding carboxylic acids is 1. The Bertz CT molecular complexity index is 1370. The number of nitrogens with zero attached hydrogens (tertiary/aromatic N) is 4. The van der Waals surface area contributed by atoms with Crippen molar-refractivity contribution < 1.29 is 14.3 Å². The first-order valence-electron chi connectivity index (χ1n) is 19.1. The van der Waals surface area contributed by atoms with Crippen LogP contribution in [0, 0.1) is 23.2 Å². The lowest BCUT2D eigenvalue weighted by Gasteiger charge is -2.64. The number of piperazine rings is 1. The zero-order valence-corrected chi connectivity index (χ0v) is 30.7. The number of rotatable bonds is 8.